The van der Waals surface area contributed by atoms with Gasteiger partial charge in [0.1, 0.15) is 29.2 Å². The maximum absolute atomic E-state index is 11.5. The molecule has 0 unspecified atom stereocenters. The van der Waals surface area contributed by atoms with E-state index in [1.54, 1.807) is 6.08 Å². The van der Waals surface area contributed by atoms with Gasteiger partial charge in [0.25, 0.3) is 0 Å². The van der Waals surface area contributed by atoms with Crippen molar-refractivity contribution in [1.82, 2.24) is 14.8 Å². The highest BCUT2D eigenvalue weighted by Crippen LogP contribution is 2.42. The van der Waals surface area contributed by atoms with Crippen LogP contribution in [-0.4, -0.2) is 39.4 Å². The maximum Gasteiger partial charge on any atom is 0.220 e. The lowest BCUT2D eigenvalue weighted by Gasteiger charge is -2.17. The fraction of sp³-hybridized carbons (Fsp3) is 0.273. The summed E-state index contributed by atoms with van der Waals surface area (Å²) in [5, 5.41) is 20.0. The van der Waals surface area contributed by atoms with Crippen LogP contribution in [-0.2, 0) is 0 Å². The van der Waals surface area contributed by atoms with E-state index in [-0.39, 0.29) is 11.5 Å². The van der Waals surface area contributed by atoms with E-state index in [1.165, 1.54) is 11.8 Å². The molecule has 0 saturated carbocycles. The largest absolute Gasteiger partial charge is 0.494 e. The van der Waals surface area contributed by atoms with Gasteiger partial charge >= 0.3 is 0 Å². The van der Waals surface area contributed by atoms with E-state index in [0.717, 1.165) is 17.0 Å². The van der Waals surface area contributed by atoms with Crippen molar-refractivity contribution >= 4 is 43.6 Å². The minimum Gasteiger partial charge on any atom is -0.494 e. The van der Waals surface area contributed by atoms with Crippen LogP contribution >= 0.6 is 43.6 Å². The molecule has 0 bridgehead atoms. The lowest BCUT2D eigenvalue weighted by Crippen LogP contribution is -2.11. The number of aromatic nitrogens is 3. The SMILES string of the molecule is C=CCOc1c(Br)cc([C@@H](C[N+](=O)[O-])Sc2nnc(C)n2-c2ccc(OCC)cc2)cc1Br. The monoisotopic (exact) mass is 596 g/mol. The van der Waals surface area contributed by atoms with E-state index in [0.29, 0.717) is 38.9 Å². The molecular formula is C22H22Br2N4O4S. The highest BCUT2D eigenvalue weighted by molar-refractivity contribution is 9.11. The first-order valence-electron chi connectivity index (χ1n) is 10.00. The molecule has 174 valence electrons. The van der Waals surface area contributed by atoms with Crippen LogP contribution in [0, 0.1) is 17.0 Å². The van der Waals surface area contributed by atoms with Crippen molar-refractivity contribution in [3.63, 3.8) is 0 Å². The Balaban J connectivity index is 1.95. The molecule has 33 heavy (non-hydrogen) atoms. The Morgan fingerprint density at radius 3 is 2.45 bits per heavy atom. The van der Waals surface area contributed by atoms with Crippen LogP contribution in [0.25, 0.3) is 5.69 Å². The normalized spacial score (nSPS) is 11.8. The van der Waals surface area contributed by atoms with Crippen LogP contribution in [0.1, 0.15) is 23.6 Å². The Morgan fingerprint density at radius 1 is 1.21 bits per heavy atom. The second kappa shape index (κ2) is 11.7. The molecular weight excluding hydrogens is 576 g/mol. The summed E-state index contributed by atoms with van der Waals surface area (Å²) in [6.07, 6.45) is 1.65. The zero-order valence-corrected chi connectivity index (χ0v) is 22.0. The predicted octanol–water partition coefficient (Wildman–Crippen LogP) is 6.17. The Bertz CT molecular complexity index is 1110. The number of ether oxygens (including phenoxy) is 2. The van der Waals surface area contributed by atoms with Gasteiger partial charge in [-0.3, -0.25) is 14.7 Å². The number of halogens is 2. The zero-order valence-electron chi connectivity index (χ0n) is 18.0. The van der Waals surface area contributed by atoms with Crippen molar-refractivity contribution in [2.75, 3.05) is 19.8 Å². The molecule has 3 rings (SSSR count). The Morgan fingerprint density at radius 2 is 1.88 bits per heavy atom. The average Bonchev–Trinajstić information content (AvgIpc) is 3.13. The Kier molecular flexibility index (Phi) is 8.93. The summed E-state index contributed by atoms with van der Waals surface area (Å²) >= 11 is 8.30. The van der Waals surface area contributed by atoms with Gasteiger partial charge in [-0.2, -0.15) is 0 Å². The molecule has 0 spiro atoms. The van der Waals surface area contributed by atoms with E-state index < -0.39 is 5.25 Å². The number of rotatable bonds is 11. The van der Waals surface area contributed by atoms with Crippen molar-refractivity contribution in [1.29, 1.82) is 0 Å². The number of nitro groups is 1. The van der Waals surface area contributed by atoms with Crippen LogP contribution < -0.4 is 9.47 Å². The molecule has 1 aromatic heterocycles. The summed E-state index contributed by atoms with van der Waals surface area (Å²) in [5.41, 5.74) is 1.60. The molecule has 2 aromatic carbocycles. The Labute approximate surface area is 212 Å². The summed E-state index contributed by atoms with van der Waals surface area (Å²) in [5.74, 6) is 2.05. The Hall–Kier alpha value is -2.37. The summed E-state index contributed by atoms with van der Waals surface area (Å²) in [6.45, 7) is 8.06. The van der Waals surface area contributed by atoms with E-state index >= 15 is 0 Å². The van der Waals surface area contributed by atoms with Gasteiger partial charge in [-0.1, -0.05) is 24.4 Å². The standard InChI is InChI=1S/C22H22Br2N4O4S/c1-4-10-32-21-18(23)11-15(12-19(21)24)20(13-27(29)30)33-22-26-25-14(3)28(22)16-6-8-17(9-7-16)31-5-2/h4,6-9,11-12,20H,1,5,10,13H2,2-3H3/t20-/m1/s1. The van der Waals surface area contributed by atoms with Crippen LogP contribution in [0.2, 0.25) is 0 Å². The third-order valence-corrected chi connectivity index (χ3v) is 6.86. The molecule has 0 amide bonds. The molecule has 0 saturated heterocycles. The van der Waals surface area contributed by atoms with Crippen LogP contribution in [0.4, 0.5) is 0 Å². The predicted molar refractivity (Wildman–Crippen MR) is 135 cm³/mol. The molecule has 0 aliphatic heterocycles. The minimum atomic E-state index is -0.508. The summed E-state index contributed by atoms with van der Waals surface area (Å²) in [4.78, 5) is 11.2. The molecule has 3 aromatic rings. The quantitative estimate of drug-likeness (QED) is 0.113. The third-order valence-electron chi connectivity index (χ3n) is 4.50. The number of nitrogens with zero attached hydrogens (tertiary/aromatic N) is 4. The van der Waals surface area contributed by atoms with E-state index in [4.69, 9.17) is 9.47 Å². The zero-order chi connectivity index (χ0) is 24.0. The van der Waals surface area contributed by atoms with Gasteiger partial charge in [0.15, 0.2) is 5.16 Å². The molecule has 1 heterocycles. The molecule has 0 fully saturated rings. The number of hydrogen-bond donors (Lipinski definition) is 0. The third kappa shape index (κ3) is 6.36. The summed E-state index contributed by atoms with van der Waals surface area (Å²) in [6, 6.07) is 11.2. The molecule has 8 nitrogen and oxygen atoms in total. The lowest BCUT2D eigenvalue weighted by molar-refractivity contribution is -0.479. The first kappa shape index (κ1) is 25.3. The second-order valence-electron chi connectivity index (χ2n) is 6.83. The van der Waals surface area contributed by atoms with Crippen LogP contribution in [0.5, 0.6) is 11.5 Å². The van der Waals surface area contributed by atoms with Crippen LogP contribution in [0.3, 0.4) is 0 Å². The van der Waals surface area contributed by atoms with Gasteiger partial charge in [0.2, 0.25) is 6.54 Å². The van der Waals surface area contributed by atoms with Gasteiger partial charge in [0, 0.05) is 10.6 Å². The van der Waals surface area contributed by atoms with E-state index in [2.05, 4.69) is 48.6 Å². The van der Waals surface area contributed by atoms with Crippen molar-refractivity contribution in [3.05, 3.63) is 79.5 Å². The van der Waals surface area contributed by atoms with Crippen molar-refractivity contribution in [2.24, 2.45) is 0 Å². The first-order valence-corrected chi connectivity index (χ1v) is 12.5. The highest BCUT2D eigenvalue weighted by Gasteiger charge is 2.25. The van der Waals surface area contributed by atoms with Gasteiger partial charge in [-0.05, 0) is 87.7 Å². The number of hydrogen-bond acceptors (Lipinski definition) is 7. The molecule has 0 aliphatic rings. The highest BCUT2D eigenvalue weighted by atomic mass is 79.9. The lowest BCUT2D eigenvalue weighted by atomic mass is 10.1. The number of benzene rings is 2. The van der Waals surface area contributed by atoms with E-state index in [1.807, 2.05) is 54.8 Å². The van der Waals surface area contributed by atoms with Crippen LogP contribution in [0.15, 0.2) is 63.2 Å². The van der Waals surface area contributed by atoms with Gasteiger partial charge in [0.05, 0.1) is 15.6 Å². The first-order chi connectivity index (χ1) is 15.8. The van der Waals surface area contributed by atoms with E-state index in [9.17, 15) is 10.1 Å². The number of aryl methyl sites for hydroxylation is 1. The smallest absolute Gasteiger partial charge is 0.220 e. The minimum absolute atomic E-state index is 0.286. The molecule has 0 radical (unpaired) electrons. The summed E-state index contributed by atoms with van der Waals surface area (Å²) < 4.78 is 14.4. The van der Waals surface area contributed by atoms with Gasteiger partial charge < -0.3 is 9.47 Å². The molecule has 1 atom stereocenters. The summed E-state index contributed by atoms with van der Waals surface area (Å²) in [7, 11) is 0. The van der Waals surface area contributed by atoms with Crippen molar-refractivity contribution in [3.8, 4) is 17.2 Å². The average molecular weight is 598 g/mol. The number of thioether (sulfide) groups is 1. The molecule has 11 heteroatoms. The topological polar surface area (TPSA) is 92.3 Å². The fourth-order valence-electron chi connectivity index (χ4n) is 3.09. The fourth-order valence-corrected chi connectivity index (χ4v) is 5.70. The van der Waals surface area contributed by atoms with Crippen molar-refractivity contribution in [2.45, 2.75) is 24.3 Å². The maximum atomic E-state index is 11.5. The van der Waals surface area contributed by atoms with Gasteiger partial charge in [-0.15, -0.1) is 10.2 Å². The molecule has 0 aliphatic carbocycles. The molecule has 0 N–H and O–H groups in total. The second-order valence-corrected chi connectivity index (χ2v) is 9.71. The van der Waals surface area contributed by atoms with Gasteiger partial charge in [-0.25, -0.2) is 0 Å². The van der Waals surface area contributed by atoms with Crippen molar-refractivity contribution < 1.29 is 14.4 Å².